The van der Waals surface area contributed by atoms with Crippen molar-refractivity contribution < 1.29 is 23.5 Å². The number of rotatable bonds is 6. The second-order valence-electron chi connectivity index (χ2n) is 5.95. The zero-order chi connectivity index (χ0) is 20.1. The summed E-state index contributed by atoms with van der Waals surface area (Å²) in [6.45, 7) is 1.63. The van der Waals surface area contributed by atoms with E-state index in [1.54, 1.807) is 25.1 Å². The highest BCUT2D eigenvalue weighted by atomic mass is 32.2. The molecule has 0 atom stereocenters. The SMILES string of the molecule is COC(=O)c1c(COC(=O)CSc2ccccc2F)nc2ccccc2c1C. The fraction of sp³-hybridized carbons (Fsp3) is 0.190. The minimum atomic E-state index is -0.539. The average Bonchev–Trinajstić information content (AvgIpc) is 2.71. The first-order valence-corrected chi connectivity index (χ1v) is 9.49. The molecule has 0 radical (unpaired) electrons. The smallest absolute Gasteiger partial charge is 0.340 e. The maximum Gasteiger partial charge on any atom is 0.340 e. The molecular weight excluding hydrogens is 381 g/mol. The largest absolute Gasteiger partial charge is 0.465 e. The fourth-order valence-electron chi connectivity index (χ4n) is 2.81. The van der Waals surface area contributed by atoms with Gasteiger partial charge in [0.05, 0.1) is 29.6 Å². The molecular formula is C21H18FNO4S. The van der Waals surface area contributed by atoms with Gasteiger partial charge in [0.15, 0.2) is 0 Å². The van der Waals surface area contributed by atoms with E-state index in [0.29, 0.717) is 21.7 Å². The Hall–Kier alpha value is -2.93. The number of pyridine rings is 1. The molecule has 0 aliphatic carbocycles. The Bertz CT molecular complexity index is 1040. The lowest BCUT2D eigenvalue weighted by Gasteiger charge is -2.13. The number of benzene rings is 2. The van der Waals surface area contributed by atoms with Gasteiger partial charge in [-0.2, -0.15) is 0 Å². The van der Waals surface area contributed by atoms with Crippen molar-refractivity contribution in [3.05, 3.63) is 71.2 Å². The molecule has 7 heteroatoms. The molecule has 0 spiro atoms. The maximum absolute atomic E-state index is 13.6. The van der Waals surface area contributed by atoms with E-state index in [2.05, 4.69) is 4.98 Å². The summed E-state index contributed by atoms with van der Waals surface area (Å²) in [6, 6.07) is 13.6. The quantitative estimate of drug-likeness (QED) is 0.455. The number of carbonyl (C=O) groups excluding carboxylic acids is 2. The van der Waals surface area contributed by atoms with Gasteiger partial charge < -0.3 is 9.47 Å². The number of halogens is 1. The molecule has 1 aromatic heterocycles. The Kier molecular flexibility index (Phi) is 6.26. The van der Waals surface area contributed by atoms with Gasteiger partial charge in [-0.3, -0.25) is 4.79 Å². The van der Waals surface area contributed by atoms with Gasteiger partial charge in [0.2, 0.25) is 0 Å². The van der Waals surface area contributed by atoms with Crippen LogP contribution < -0.4 is 0 Å². The number of thioether (sulfide) groups is 1. The lowest BCUT2D eigenvalue weighted by Crippen LogP contribution is -2.14. The molecule has 0 aliphatic rings. The highest BCUT2D eigenvalue weighted by Gasteiger charge is 2.20. The van der Waals surface area contributed by atoms with Crippen molar-refractivity contribution in [3.63, 3.8) is 0 Å². The molecule has 3 rings (SSSR count). The Morgan fingerprint density at radius 2 is 1.82 bits per heavy atom. The number of fused-ring (bicyclic) bond motifs is 1. The molecule has 0 aliphatic heterocycles. The Labute approximate surface area is 165 Å². The summed E-state index contributed by atoms with van der Waals surface area (Å²) in [7, 11) is 1.29. The van der Waals surface area contributed by atoms with Gasteiger partial charge in [0.1, 0.15) is 12.4 Å². The first-order chi connectivity index (χ1) is 13.5. The highest BCUT2D eigenvalue weighted by molar-refractivity contribution is 8.00. The van der Waals surface area contributed by atoms with Crippen molar-refractivity contribution in [2.45, 2.75) is 18.4 Å². The molecule has 0 amide bonds. The van der Waals surface area contributed by atoms with Crippen molar-refractivity contribution in [2.24, 2.45) is 0 Å². The number of hydrogen-bond acceptors (Lipinski definition) is 6. The zero-order valence-electron chi connectivity index (χ0n) is 15.4. The lowest BCUT2D eigenvalue weighted by atomic mass is 10.0. The maximum atomic E-state index is 13.6. The van der Waals surface area contributed by atoms with Crippen LogP contribution in [0, 0.1) is 12.7 Å². The Balaban J connectivity index is 1.77. The van der Waals surface area contributed by atoms with E-state index in [9.17, 15) is 14.0 Å². The summed E-state index contributed by atoms with van der Waals surface area (Å²) in [5.74, 6) is -1.51. The number of esters is 2. The summed E-state index contributed by atoms with van der Waals surface area (Å²) in [5, 5.41) is 0.827. The van der Waals surface area contributed by atoms with Crippen LogP contribution in [0.15, 0.2) is 53.4 Å². The van der Waals surface area contributed by atoms with Crippen LogP contribution in [0.3, 0.4) is 0 Å². The summed E-state index contributed by atoms with van der Waals surface area (Å²) in [4.78, 5) is 29.2. The molecule has 0 unspecified atom stereocenters. The number of ether oxygens (including phenoxy) is 2. The summed E-state index contributed by atoms with van der Waals surface area (Å²) >= 11 is 1.05. The molecule has 3 aromatic rings. The summed E-state index contributed by atoms with van der Waals surface area (Å²) in [5.41, 5.74) is 2.02. The molecule has 0 bridgehead atoms. The minimum Gasteiger partial charge on any atom is -0.465 e. The van der Waals surface area contributed by atoms with Crippen LogP contribution in [0.25, 0.3) is 10.9 Å². The van der Waals surface area contributed by atoms with Gasteiger partial charge in [0.25, 0.3) is 0 Å². The molecule has 0 saturated heterocycles. The Morgan fingerprint density at radius 3 is 2.57 bits per heavy atom. The van der Waals surface area contributed by atoms with E-state index in [1.165, 1.54) is 13.2 Å². The topological polar surface area (TPSA) is 65.5 Å². The predicted octanol–water partition coefficient (Wildman–Crippen LogP) is 4.30. The molecule has 0 fully saturated rings. The predicted molar refractivity (Wildman–Crippen MR) is 105 cm³/mol. The van der Waals surface area contributed by atoms with Crippen LogP contribution in [0.1, 0.15) is 21.6 Å². The van der Waals surface area contributed by atoms with Crippen LogP contribution >= 0.6 is 11.8 Å². The van der Waals surface area contributed by atoms with Crippen molar-refractivity contribution >= 4 is 34.6 Å². The van der Waals surface area contributed by atoms with Crippen LogP contribution in [-0.4, -0.2) is 29.8 Å². The van der Waals surface area contributed by atoms with E-state index in [0.717, 1.165) is 17.1 Å². The molecule has 144 valence electrons. The van der Waals surface area contributed by atoms with Gasteiger partial charge >= 0.3 is 11.9 Å². The van der Waals surface area contributed by atoms with Crippen molar-refractivity contribution in [2.75, 3.05) is 12.9 Å². The number of para-hydroxylation sites is 1. The van der Waals surface area contributed by atoms with E-state index in [4.69, 9.17) is 9.47 Å². The Morgan fingerprint density at radius 1 is 1.11 bits per heavy atom. The lowest BCUT2D eigenvalue weighted by molar-refractivity contribution is -0.141. The minimum absolute atomic E-state index is 0.0545. The number of aryl methyl sites for hydroxylation is 1. The van der Waals surface area contributed by atoms with Crippen LogP contribution in [0.4, 0.5) is 4.39 Å². The number of nitrogens with zero attached hydrogens (tertiary/aromatic N) is 1. The average molecular weight is 399 g/mol. The van der Waals surface area contributed by atoms with Gasteiger partial charge in [0, 0.05) is 10.3 Å². The number of aromatic nitrogens is 1. The van der Waals surface area contributed by atoms with Crippen molar-refractivity contribution in [3.8, 4) is 0 Å². The van der Waals surface area contributed by atoms with Gasteiger partial charge in [-0.25, -0.2) is 14.2 Å². The van der Waals surface area contributed by atoms with E-state index < -0.39 is 11.9 Å². The molecule has 28 heavy (non-hydrogen) atoms. The summed E-state index contributed by atoms with van der Waals surface area (Å²) < 4.78 is 23.8. The second kappa shape index (κ2) is 8.84. The molecule has 2 aromatic carbocycles. The number of carbonyl (C=O) groups is 2. The third-order valence-electron chi connectivity index (χ3n) is 4.17. The van der Waals surface area contributed by atoms with Crippen LogP contribution in [0.2, 0.25) is 0 Å². The second-order valence-corrected chi connectivity index (χ2v) is 6.96. The number of methoxy groups -OCH3 is 1. The van der Waals surface area contributed by atoms with E-state index >= 15 is 0 Å². The highest BCUT2D eigenvalue weighted by Crippen LogP contribution is 2.25. The molecule has 5 nitrogen and oxygen atoms in total. The van der Waals surface area contributed by atoms with Crippen molar-refractivity contribution in [1.82, 2.24) is 4.98 Å². The first-order valence-electron chi connectivity index (χ1n) is 8.50. The third kappa shape index (κ3) is 4.31. The number of hydrogen-bond donors (Lipinski definition) is 0. The zero-order valence-corrected chi connectivity index (χ0v) is 16.2. The van der Waals surface area contributed by atoms with E-state index in [-0.39, 0.29) is 23.7 Å². The van der Waals surface area contributed by atoms with E-state index in [1.807, 2.05) is 24.3 Å². The molecule has 0 N–H and O–H groups in total. The van der Waals surface area contributed by atoms with Gasteiger partial charge in [-0.1, -0.05) is 30.3 Å². The molecule has 1 heterocycles. The van der Waals surface area contributed by atoms with Crippen LogP contribution in [-0.2, 0) is 20.9 Å². The standard InChI is InChI=1S/C21H18FNO4S/c1-13-14-7-3-5-9-16(14)23-17(20(13)21(25)26-2)11-27-19(24)12-28-18-10-6-4-8-15(18)22/h3-10H,11-12H2,1-2H3. The van der Waals surface area contributed by atoms with Gasteiger partial charge in [-0.05, 0) is 30.7 Å². The first kappa shape index (κ1) is 19.8. The monoisotopic (exact) mass is 399 g/mol. The summed E-state index contributed by atoms with van der Waals surface area (Å²) in [6.07, 6.45) is 0. The normalized spacial score (nSPS) is 10.7. The third-order valence-corrected chi connectivity index (χ3v) is 5.19. The fourth-order valence-corrected chi connectivity index (χ4v) is 3.54. The molecule has 0 saturated carbocycles. The van der Waals surface area contributed by atoms with Crippen molar-refractivity contribution in [1.29, 1.82) is 0 Å². The van der Waals surface area contributed by atoms with Crippen LogP contribution in [0.5, 0.6) is 0 Å². The van der Waals surface area contributed by atoms with Gasteiger partial charge in [-0.15, -0.1) is 11.8 Å².